The molecule has 0 fully saturated rings. The van der Waals surface area contributed by atoms with Crippen molar-refractivity contribution in [1.29, 1.82) is 5.26 Å². The SMILES string of the molecule is C.Cc1c(C#N)c(O)n(C)c(=O)c1N=Nc1cc(C(O)O)cc(C(O)O)c1. The molecule has 2 aromatic rings. The summed E-state index contributed by atoms with van der Waals surface area (Å²) in [4.78, 5) is 12.2. The van der Waals surface area contributed by atoms with E-state index < -0.39 is 24.0 Å². The molecule has 2 rings (SSSR count). The van der Waals surface area contributed by atoms with Crippen LogP contribution in [-0.4, -0.2) is 30.1 Å². The van der Waals surface area contributed by atoms with Gasteiger partial charge in [-0.15, -0.1) is 5.11 Å². The minimum Gasteiger partial charge on any atom is -0.493 e. The van der Waals surface area contributed by atoms with Crippen LogP contribution >= 0.6 is 0 Å². The van der Waals surface area contributed by atoms with E-state index in [1.807, 2.05) is 0 Å². The van der Waals surface area contributed by atoms with Crippen LogP contribution in [0.2, 0.25) is 0 Å². The second-order valence-electron chi connectivity index (χ2n) is 5.45. The minimum absolute atomic E-state index is 0. The van der Waals surface area contributed by atoms with Crippen LogP contribution in [0.5, 0.6) is 5.88 Å². The van der Waals surface area contributed by atoms with Crippen LogP contribution in [0.3, 0.4) is 0 Å². The fourth-order valence-electron chi connectivity index (χ4n) is 2.24. The lowest BCUT2D eigenvalue weighted by atomic mass is 10.1. The van der Waals surface area contributed by atoms with E-state index in [0.29, 0.717) is 0 Å². The van der Waals surface area contributed by atoms with Gasteiger partial charge in [-0.05, 0) is 25.1 Å². The smallest absolute Gasteiger partial charge is 0.281 e. The van der Waals surface area contributed by atoms with Crippen molar-refractivity contribution in [2.75, 3.05) is 0 Å². The summed E-state index contributed by atoms with van der Waals surface area (Å²) in [5.74, 6) is -0.495. The number of nitriles is 1. The number of nitrogens with zero attached hydrogens (tertiary/aromatic N) is 4. The van der Waals surface area contributed by atoms with Crippen LogP contribution in [0, 0.1) is 18.3 Å². The van der Waals surface area contributed by atoms with Crippen LogP contribution < -0.4 is 5.56 Å². The Balaban J connectivity index is 0.00000364. The van der Waals surface area contributed by atoms with Crippen molar-refractivity contribution in [1.82, 2.24) is 4.57 Å². The Hall–Kier alpha value is -3.10. The molecule has 0 atom stereocenters. The lowest BCUT2D eigenvalue weighted by Gasteiger charge is -2.10. The third-order valence-electron chi connectivity index (χ3n) is 3.71. The Morgan fingerprint density at radius 1 is 1.07 bits per heavy atom. The second kappa shape index (κ2) is 8.52. The largest absolute Gasteiger partial charge is 0.493 e. The number of benzene rings is 1. The molecule has 10 heteroatoms. The summed E-state index contributed by atoms with van der Waals surface area (Å²) in [5, 5.41) is 63.6. The molecule has 1 aromatic carbocycles. The first kappa shape index (κ1) is 21.9. The van der Waals surface area contributed by atoms with Gasteiger partial charge in [-0.3, -0.25) is 9.36 Å². The Morgan fingerprint density at radius 2 is 1.59 bits per heavy atom. The zero-order valence-corrected chi connectivity index (χ0v) is 13.8. The molecular weight excluding hydrogens is 356 g/mol. The lowest BCUT2D eigenvalue weighted by molar-refractivity contribution is -0.0474. The first-order chi connectivity index (χ1) is 12.2. The molecule has 0 aliphatic carbocycles. The maximum Gasteiger partial charge on any atom is 0.281 e. The topological polar surface area (TPSA) is 172 Å². The van der Waals surface area contributed by atoms with Crippen LogP contribution in [0.1, 0.15) is 42.3 Å². The predicted molar refractivity (Wildman–Crippen MR) is 94.5 cm³/mol. The molecule has 0 radical (unpaired) electrons. The summed E-state index contributed by atoms with van der Waals surface area (Å²) < 4.78 is 0.844. The van der Waals surface area contributed by atoms with Crippen LogP contribution in [0.25, 0.3) is 0 Å². The van der Waals surface area contributed by atoms with Crippen LogP contribution in [0.15, 0.2) is 33.2 Å². The molecular formula is C17H20N4O6. The molecule has 0 unspecified atom stereocenters. The van der Waals surface area contributed by atoms with E-state index in [-0.39, 0.29) is 41.1 Å². The van der Waals surface area contributed by atoms with E-state index in [1.165, 1.54) is 26.1 Å². The number of rotatable bonds is 4. The summed E-state index contributed by atoms with van der Waals surface area (Å²) in [6.07, 6.45) is -3.76. The third-order valence-corrected chi connectivity index (χ3v) is 3.71. The highest BCUT2D eigenvalue weighted by Gasteiger charge is 2.17. The minimum atomic E-state index is -1.88. The summed E-state index contributed by atoms with van der Waals surface area (Å²) in [6.45, 7) is 1.42. The molecule has 1 heterocycles. The maximum atomic E-state index is 12.2. The summed E-state index contributed by atoms with van der Waals surface area (Å²) in [6, 6.07) is 5.39. The average Bonchev–Trinajstić information content (AvgIpc) is 2.60. The highest BCUT2D eigenvalue weighted by molar-refractivity contribution is 5.56. The number of aromatic nitrogens is 1. The van der Waals surface area contributed by atoms with E-state index in [4.69, 9.17) is 5.26 Å². The van der Waals surface area contributed by atoms with Gasteiger partial charge >= 0.3 is 0 Å². The number of aliphatic hydroxyl groups excluding tert-OH is 2. The summed E-state index contributed by atoms with van der Waals surface area (Å²) in [7, 11) is 1.26. The Kier molecular flexibility index (Phi) is 6.93. The first-order valence-electron chi connectivity index (χ1n) is 7.29. The monoisotopic (exact) mass is 376 g/mol. The predicted octanol–water partition coefficient (Wildman–Crippen LogP) is 1.29. The Morgan fingerprint density at radius 3 is 2.04 bits per heavy atom. The summed E-state index contributed by atoms with van der Waals surface area (Å²) >= 11 is 0. The van der Waals surface area contributed by atoms with Crippen LogP contribution in [-0.2, 0) is 7.05 Å². The van der Waals surface area contributed by atoms with Crippen molar-refractivity contribution in [3.63, 3.8) is 0 Å². The fourth-order valence-corrected chi connectivity index (χ4v) is 2.24. The normalized spacial score (nSPS) is 11.1. The van der Waals surface area contributed by atoms with Gasteiger partial charge in [-0.2, -0.15) is 10.4 Å². The molecule has 0 bridgehead atoms. The van der Waals surface area contributed by atoms with Crippen molar-refractivity contribution < 1.29 is 25.5 Å². The molecule has 5 N–H and O–H groups in total. The molecule has 10 nitrogen and oxygen atoms in total. The molecule has 27 heavy (non-hydrogen) atoms. The van der Waals surface area contributed by atoms with Gasteiger partial charge in [0.05, 0.1) is 5.69 Å². The average molecular weight is 376 g/mol. The summed E-state index contributed by atoms with van der Waals surface area (Å²) in [5.41, 5.74) is -0.988. The van der Waals surface area contributed by atoms with Crippen molar-refractivity contribution in [2.24, 2.45) is 17.3 Å². The first-order valence-corrected chi connectivity index (χ1v) is 7.29. The number of hydrogen-bond acceptors (Lipinski definition) is 9. The van der Waals surface area contributed by atoms with Gasteiger partial charge in [0.25, 0.3) is 5.56 Å². The van der Waals surface area contributed by atoms with E-state index >= 15 is 0 Å². The van der Waals surface area contributed by atoms with Gasteiger partial charge in [0.2, 0.25) is 5.88 Å². The van der Waals surface area contributed by atoms with Gasteiger partial charge in [0.15, 0.2) is 18.3 Å². The van der Waals surface area contributed by atoms with Crippen molar-refractivity contribution in [3.8, 4) is 11.9 Å². The molecule has 144 valence electrons. The fraction of sp³-hybridized carbons (Fsp3) is 0.294. The van der Waals surface area contributed by atoms with E-state index in [0.717, 1.165) is 10.6 Å². The standard InChI is InChI=1S/C16H16N4O6.CH4/c1-7-11(6-17)13(21)20(2)14(22)12(7)19-18-10-4-8(15(23)24)3-9(5-10)16(25)26;/h3-5,15-16,21,23-26H,1-2H3;1H4. The molecule has 1 aromatic heterocycles. The molecule has 0 spiro atoms. The zero-order valence-electron chi connectivity index (χ0n) is 13.8. The van der Waals surface area contributed by atoms with Crippen molar-refractivity contribution in [2.45, 2.75) is 26.9 Å². The maximum absolute atomic E-state index is 12.2. The quantitative estimate of drug-likeness (QED) is 0.395. The Bertz CT molecular complexity index is 947. The van der Waals surface area contributed by atoms with Gasteiger partial charge in [0.1, 0.15) is 11.6 Å². The van der Waals surface area contributed by atoms with Crippen molar-refractivity contribution >= 4 is 11.4 Å². The van der Waals surface area contributed by atoms with Crippen LogP contribution in [0.4, 0.5) is 11.4 Å². The molecule has 0 amide bonds. The number of azo groups is 1. The van der Waals surface area contributed by atoms with Crippen molar-refractivity contribution in [3.05, 3.63) is 50.8 Å². The van der Waals surface area contributed by atoms with Gasteiger partial charge < -0.3 is 25.5 Å². The number of pyridine rings is 1. The highest BCUT2D eigenvalue weighted by atomic mass is 16.5. The third kappa shape index (κ3) is 4.36. The molecule has 0 aliphatic heterocycles. The van der Waals surface area contributed by atoms with Gasteiger partial charge in [-0.1, -0.05) is 7.43 Å². The second-order valence-corrected chi connectivity index (χ2v) is 5.45. The number of aliphatic hydroxyl groups is 4. The molecule has 0 saturated heterocycles. The van der Waals surface area contributed by atoms with E-state index in [9.17, 15) is 30.3 Å². The lowest BCUT2D eigenvalue weighted by Crippen LogP contribution is -2.18. The molecule has 0 aliphatic rings. The van der Waals surface area contributed by atoms with E-state index in [2.05, 4.69) is 10.2 Å². The Labute approximate surface area is 154 Å². The highest BCUT2D eigenvalue weighted by Crippen LogP contribution is 2.28. The number of aromatic hydroxyl groups is 1. The van der Waals surface area contributed by atoms with Gasteiger partial charge in [-0.25, -0.2) is 0 Å². The zero-order chi connectivity index (χ0) is 19.6. The number of hydrogen-bond donors (Lipinski definition) is 5. The van der Waals surface area contributed by atoms with E-state index in [1.54, 1.807) is 6.07 Å². The van der Waals surface area contributed by atoms with Gasteiger partial charge in [0, 0.05) is 23.7 Å². The molecule has 0 saturated carbocycles.